The number of carbonyl (C=O) groups is 1. The molecule has 2 nitrogen and oxygen atoms in total. The Hall–Kier alpha value is -1.38. The Morgan fingerprint density at radius 1 is 1.40 bits per heavy atom. The second-order valence-electron chi connectivity index (χ2n) is 4.09. The highest BCUT2D eigenvalue weighted by atomic mass is 19.1. The van der Waals surface area contributed by atoms with E-state index in [0.29, 0.717) is 5.56 Å². The first-order chi connectivity index (χ1) is 7.15. The van der Waals surface area contributed by atoms with Gasteiger partial charge in [0.05, 0.1) is 0 Å². The molecule has 1 saturated carbocycles. The van der Waals surface area contributed by atoms with Crippen molar-refractivity contribution in [2.24, 2.45) is 0 Å². The van der Waals surface area contributed by atoms with Crippen LogP contribution in [0, 0.1) is 5.82 Å². The van der Waals surface area contributed by atoms with Crippen LogP contribution in [0.15, 0.2) is 24.3 Å². The zero-order chi connectivity index (χ0) is 10.9. The second kappa shape index (κ2) is 3.65. The maximum atomic E-state index is 12.6. The van der Waals surface area contributed by atoms with Crippen LogP contribution in [-0.4, -0.2) is 11.4 Å². The number of benzene rings is 1. The van der Waals surface area contributed by atoms with Crippen molar-refractivity contribution >= 4 is 5.91 Å². The Balaban J connectivity index is 2.05. The van der Waals surface area contributed by atoms with E-state index >= 15 is 0 Å². The van der Waals surface area contributed by atoms with E-state index in [1.807, 2.05) is 0 Å². The van der Waals surface area contributed by atoms with Crippen molar-refractivity contribution in [3.8, 4) is 0 Å². The van der Waals surface area contributed by atoms with Gasteiger partial charge < -0.3 is 5.32 Å². The van der Waals surface area contributed by atoms with Crippen LogP contribution in [0.4, 0.5) is 4.39 Å². The van der Waals surface area contributed by atoms with E-state index in [1.54, 1.807) is 0 Å². The Morgan fingerprint density at radius 2 is 2.00 bits per heavy atom. The SMILES string of the molecule is CCC1(NC(=O)c2ccc(F)cc2)CC1. The van der Waals surface area contributed by atoms with Gasteiger partial charge in [-0.05, 0) is 43.5 Å². The standard InChI is InChI=1S/C12H14FNO/c1-2-12(7-8-12)14-11(15)9-3-5-10(13)6-4-9/h3-6H,2,7-8H2,1H3,(H,14,15). The lowest BCUT2D eigenvalue weighted by molar-refractivity contribution is 0.0930. The summed E-state index contributed by atoms with van der Waals surface area (Å²) in [7, 11) is 0. The number of hydrogen-bond donors (Lipinski definition) is 1. The van der Waals surface area contributed by atoms with E-state index in [1.165, 1.54) is 24.3 Å². The Morgan fingerprint density at radius 3 is 2.47 bits per heavy atom. The molecule has 0 atom stereocenters. The Bertz CT molecular complexity index is 368. The molecule has 0 aliphatic heterocycles. The Kier molecular flexibility index (Phi) is 2.47. The third-order valence-corrected chi connectivity index (χ3v) is 3.02. The van der Waals surface area contributed by atoms with E-state index in [4.69, 9.17) is 0 Å². The smallest absolute Gasteiger partial charge is 0.251 e. The summed E-state index contributed by atoms with van der Waals surface area (Å²) in [6.45, 7) is 2.07. The van der Waals surface area contributed by atoms with Gasteiger partial charge in [0.15, 0.2) is 0 Å². The normalized spacial score (nSPS) is 17.2. The van der Waals surface area contributed by atoms with Crippen LogP contribution < -0.4 is 5.32 Å². The molecule has 0 heterocycles. The number of halogens is 1. The molecule has 15 heavy (non-hydrogen) atoms. The van der Waals surface area contributed by atoms with Crippen LogP contribution in [0.3, 0.4) is 0 Å². The van der Waals surface area contributed by atoms with Gasteiger partial charge in [0.25, 0.3) is 5.91 Å². The fraction of sp³-hybridized carbons (Fsp3) is 0.417. The van der Waals surface area contributed by atoms with E-state index < -0.39 is 0 Å². The second-order valence-corrected chi connectivity index (χ2v) is 4.09. The maximum Gasteiger partial charge on any atom is 0.251 e. The molecule has 3 heteroatoms. The average molecular weight is 207 g/mol. The van der Waals surface area contributed by atoms with Crippen LogP contribution in [0.1, 0.15) is 36.5 Å². The van der Waals surface area contributed by atoms with E-state index in [2.05, 4.69) is 12.2 Å². The first kappa shape index (κ1) is 10.1. The number of hydrogen-bond acceptors (Lipinski definition) is 1. The van der Waals surface area contributed by atoms with Crippen molar-refractivity contribution in [2.75, 3.05) is 0 Å². The van der Waals surface area contributed by atoms with Crippen molar-refractivity contribution in [1.29, 1.82) is 0 Å². The van der Waals surface area contributed by atoms with Gasteiger partial charge in [0, 0.05) is 11.1 Å². The number of rotatable bonds is 3. The highest BCUT2D eigenvalue weighted by Crippen LogP contribution is 2.38. The zero-order valence-corrected chi connectivity index (χ0v) is 8.72. The van der Waals surface area contributed by atoms with Gasteiger partial charge in [0.1, 0.15) is 5.82 Å². The minimum absolute atomic E-state index is 0.0193. The summed E-state index contributed by atoms with van der Waals surface area (Å²) < 4.78 is 12.6. The molecule has 1 aliphatic carbocycles. The van der Waals surface area contributed by atoms with Gasteiger partial charge in [-0.3, -0.25) is 4.79 Å². The first-order valence-electron chi connectivity index (χ1n) is 5.23. The van der Waals surface area contributed by atoms with Gasteiger partial charge in [-0.15, -0.1) is 0 Å². The van der Waals surface area contributed by atoms with Crippen molar-refractivity contribution in [3.63, 3.8) is 0 Å². The van der Waals surface area contributed by atoms with Crippen LogP contribution in [0.5, 0.6) is 0 Å². The number of carbonyl (C=O) groups excluding carboxylic acids is 1. The van der Waals surface area contributed by atoms with Gasteiger partial charge >= 0.3 is 0 Å². The molecule has 1 amide bonds. The number of amides is 1. The van der Waals surface area contributed by atoms with E-state index in [9.17, 15) is 9.18 Å². The van der Waals surface area contributed by atoms with E-state index in [-0.39, 0.29) is 17.3 Å². The lowest BCUT2D eigenvalue weighted by Crippen LogP contribution is -2.36. The fourth-order valence-corrected chi connectivity index (χ4v) is 1.63. The molecule has 2 rings (SSSR count). The van der Waals surface area contributed by atoms with Crippen molar-refractivity contribution in [3.05, 3.63) is 35.6 Å². The summed E-state index contributed by atoms with van der Waals surface area (Å²) in [5.74, 6) is -0.419. The highest BCUT2D eigenvalue weighted by Gasteiger charge is 2.42. The van der Waals surface area contributed by atoms with Crippen molar-refractivity contribution < 1.29 is 9.18 Å². The topological polar surface area (TPSA) is 29.1 Å². The molecule has 1 aromatic rings. The molecule has 0 aromatic heterocycles. The molecule has 1 fully saturated rings. The Labute approximate surface area is 88.5 Å². The van der Waals surface area contributed by atoms with Crippen LogP contribution in [0.2, 0.25) is 0 Å². The summed E-state index contributed by atoms with van der Waals surface area (Å²) in [5.41, 5.74) is 0.544. The zero-order valence-electron chi connectivity index (χ0n) is 8.72. The molecule has 0 bridgehead atoms. The summed E-state index contributed by atoms with van der Waals surface area (Å²) in [6.07, 6.45) is 3.06. The molecule has 0 saturated heterocycles. The summed E-state index contributed by atoms with van der Waals surface area (Å²) in [6, 6.07) is 5.63. The van der Waals surface area contributed by atoms with E-state index in [0.717, 1.165) is 19.3 Å². The molecule has 0 spiro atoms. The maximum absolute atomic E-state index is 12.6. The van der Waals surface area contributed by atoms with Crippen LogP contribution in [0.25, 0.3) is 0 Å². The number of nitrogens with one attached hydrogen (secondary N) is 1. The predicted molar refractivity (Wildman–Crippen MR) is 56.1 cm³/mol. The first-order valence-corrected chi connectivity index (χ1v) is 5.23. The van der Waals surface area contributed by atoms with Gasteiger partial charge in [-0.2, -0.15) is 0 Å². The third kappa shape index (κ3) is 2.17. The van der Waals surface area contributed by atoms with Crippen molar-refractivity contribution in [2.45, 2.75) is 31.7 Å². The largest absolute Gasteiger partial charge is 0.347 e. The molecule has 80 valence electrons. The summed E-state index contributed by atoms with van der Waals surface area (Å²) in [5, 5.41) is 2.99. The molecule has 1 N–H and O–H groups in total. The summed E-state index contributed by atoms with van der Waals surface area (Å²) >= 11 is 0. The predicted octanol–water partition coefficient (Wildman–Crippen LogP) is 2.50. The van der Waals surface area contributed by atoms with Crippen LogP contribution in [-0.2, 0) is 0 Å². The van der Waals surface area contributed by atoms with Gasteiger partial charge in [-0.25, -0.2) is 4.39 Å². The minimum Gasteiger partial charge on any atom is -0.347 e. The van der Waals surface area contributed by atoms with Crippen molar-refractivity contribution in [1.82, 2.24) is 5.32 Å². The van der Waals surface area contributed by atoms with Gasteiger partial charge in [-0.1, -0.05) is 6.92 Å². The molecular weight excluding hydrogens is 193 g/mol. The molecule has 0 radical (unpaired) electrons. The molecule has 1 aliphatic rings. The quantitative estimate of drug-likeness (QED) is 0.810. The molecular formula is C12H14FNO. The fourth-order valence-electron chi connectivity index (χ4n) is 1.63. The van der Waals surface area contributed by atoms with Gasteiger partial charge in [0.2, 0.25) is 0 Å². The molecule has 0 unspecified atom stereocenters. The lowest BCUT2D eigenvalue weighted by Gasteiger charge is -2.14. The molecule has 1 aromatic carbocycles. The van der Waals surface area contributed by atoms with Crippen LogP contribution >= 0.6 is 0 Å². The highest BCUT2D eigenvalue weighted by molar-refractivity contribution is 5.94. The minimum atomic E-state index is -0.317. The summed E-state index contributed by atoms with van der Waals surface area (Å²) in [4.78, 5) is 11.7. The monoisotopic (exact) mass is 207 g/mol. The lowest BCUT2D eigenvalue weighted by atomic mass is 10.1. The third-order valence-electron chi connectivity index (χ3n) is 3.02. The average Bonchev–Trinajstić information content (AvgIpc) is 2.99.